The molecule has 2 unspecified atom stereocenters. The highest BCUT2D eigenvalue weighted by molar-refractivity contribution is 6.13. The summed E-state index contributed by atoms with van der Waals surface area (Å²) < 4.78 is 11.3. The van der Waals surface area contributed by atoms with Crippen molar-refractivity contribution in [2.45, 2.75) is 12.2 Å². The first kappa shape index (κ1) is 31.1. The summed E-state index contributed by atoms with van der Waals surface area (Å²) in [6.07, 6.45) is 6.83. The van der Waals surface area contributed by atoms with Gasteiger partial charge in [0, 0.05) is 11.1 Å². The molecule has 0 spiro atoms. The van der Waals surface area contributed by atoms with Gasteiger partial charge in [-0.3, -0.25) is 9.98 Å². The van der Waals surface area contributed by atoms with Crippen LogP contribution >= 0.6 is 0 Å². The Morgan fingerprint density at radius 2 is 0.884 bits per heavy atom. The van der Waals surface area contributed by atoms with Crippen molar-refractivity contribution in [1.82, 2.24) is 0 Å². The number of fused-ring (bicyclic) bond motifs is 2. The lowest BCUT2D eigenvalue weighted by Crippen LogP contribution is -2.24. The Labute approximate surface area is 252 Å². The van der Waals surface area contributed by atoms with Crippen molar-refractivity contribution in [3.05, 3.63) is 144 Å². The average molecular weight is 577 g/mol. The molecule has 220 valence electrons. The molecule has 2 aliphatic heterocycles. The fourth-order valence-electron chi connectivity index (χ4n) is 4.43. The maximum absolute atomic E-state index is 9.79. The Hall–Kier alpha value is -4.82. The molecule has 0 aliphatic carbocycles. The van der Waals surface area contributed by atoms with E-state index in [9.17, 15) is 10.2 Å². The molecule has 0 amide bonds. The molecular formula is C36H36N2O5. The Morgan fingerprint density at radius 3 is 1.30 bits per heavy atom. The number of rotatable bonds is 4. The van der Waals surface area contributed by atoms with Gasteiger partial charge < -0.3 is 25.2 Å². The minimum atomic E-state index is -0.571. The van der Waals surface area contributed by atoms with Crippen LogP contribution in [0.3, 0.4) is 0 Å². The predicted molar refractivity (Wildman–Crippen MR) is 173 cm³/mol. The van der Waals surface area contributed by atoms with Gasteiger partial charge in [-0.25, -0.2) is 0 Å². The minimum Gasteiger partial charge on any atom is -0.490 e. The van der Waals surface area contributed by atoms with Crippen molar-refractivity contribution in [3.63, 3.8) is 0 Å². The topological polar surface area (TPSA) is 115 Å². The third-order valence-corrected chi connectivity index (χ3v) is 6.60. The molecule has 0 radical (unpaired) electrons. The zero-order chi connectivity index (χ0) is 29.0. The van der Waals surface area contributed by atoms with E-state index in [2.05, 4.69) is 9.98 Å². The van der Waals surface area contributed by atoms with Crippen LogP contribution in [0.2, 0.25) is 0 Å². The van der Waals surface area contributed by atoms with Gasteiger partial charge in [-0.2, -0.15) is 0 Å². The second-order valence-corrected chi connectivity index (χ2v) is 9.86. The van der Waals surface area contributed by atoms with Crippen LogP contribution in [0.4, 0.5) is 0 Å². The Bertz CT molecular complexity index is 1450. The number of hydrogen-bond donors (Lipinski definition) is 2. The number of aliphatic hydroxyl groups is 2. The fourth-order valence-corrected chi connectivity index (χ4v) is 4.43. The highest BCUT2D eigenvalue weighted by Crippen LogP contribution is 2.23. The van der Waals surface area contributed by atoms with E-state index in [0.29, 0.717) is 13.1 Å². The number of allylic oxidation sites excluding steroid dienone is 2. The number of ether oxygens (including phenoxy) is 2. The number of aliphatic imine (C=N–C) groups is 2. The van der Waals surface area contributed by atoms with Gasteiger partial charge in [0.05, 0.1) is 24.5 Å². The summed E-state index contributed by atoms with van der Waals surface area (Å²) >= 11 is 0. The molecule has 6 rings (SSSR count). The van der Waals surface area contributed by atoms with Gasteiger partial charge in [0.1, 0.15) is 36.9 Å². The first-order valence-corrected chi connectivity index (χ1v) is 14.0. The highest BCUT2D eigenvalue weighted by Gasteiger charge is 2.15. The molecule has 0 saturated carbocycles. The van der Waals surface area contributed by atoms with Crippen LogP contribution in [0.15, 0.2) is 131 Å². The molecule has 43 heavy (non-hydrogen) atoms. The lowest BCUT2D eigenvalue weighted by molar-refractivity contribution is 0.113. The Balaban J connectivity index is 0.000000192. The van der Waals surface area contributed by atoms with E-state index in [1.165, 1.54) is 0 Å². The molecule has 4 aromatic carbocycles. The van der Waals surface area contributed by atoms with Crippen molar-refractivity contribution in [2.24, 2.45) is 9.98 Å². The van der Waals surface area contributed by atoms with Gasteiger partial charge in [0.25, 0.3) is 0 Å². The largest absolute Gasteiger partial charge is 0.490 e. The van der Waals surface area contributed by atoms with E-state index in [1.54, 1.807) is 0 Å². The van der Waals surface area contributed by atoms with Crippen molar-refractivity contribution < 1.29 is 25.2 Å². The molecular weight excluding hydrogens is 540 g/mol. The van der Waals surface area contributed by atoms with Crippen LogP contribution in [0.1, 0.15) is 22.3 Å². The maximum atomic E-state index is 9.79. The molecule has 7 heteroatoms. The van der Waals surface area contributed by atoms with Gasteiger partial charge in [-0.05, 0) is 47.5 Å². The van der Waals surface area contributed by atoms with Crippen molar-refractivity contribution in [2.75, 3.05) is 26.3 Å². The van der Waals surface area contributed by atoms with E-state index in [0.717, 1.165) is 45.2 Å². The number of nitrogens with zero attached hydrogens (tertiary/aromatic N) is 2. The standard InChI is InChI=1S/2C18H17NO2.H2O/c2*20-15-12-19-17(11-10-14-6-2-1-3-7-14)16-8-4-5-9-18(16)21-13-15;/h2*1-11,15,20H,12-13H2;1H2/b2*11-10+,19-17?;. The average Bonchev–Trinajstić information content (AvgIpc) is 3.03. The van der Waals surface area contributed by atoms with Crippen LogP contribution < -0.4 is 9.47 Å². The third-order valence-electron chi connectivity index (χ3n) is 6.60. The lowest BCUT2D eigenvalue weighted by atomic mass is 10.1. The molecule has 0 fully saturated rings. The second kappa shape index (κ2) is 16.0. The fraction of sp³-hybridized carbons (Fsp3) is 0.167. The quantitative estimate of drug-likeness (QED) is 0.353. The number of benzene rings is 4. The van der Waals surface area contributed by atoms with Crippen molar-refractivity contribution in [1.29, 1.82) is 0 Å². The summed E-state index contributed by atoms with van der Waals surface area (Å²) in [5.74, 6) is 1.51. The first-order chi connectivity index (χ1) is 20.7. The second-order valence-electron chi connectivity index (χ2n) is 9.86. The minimum absolute atomic E-state index is 0. The van der Waals surface area contributed by atoms with Crippen LogP contribution in [-0.2, 0) is 0 Å². The Kier molecular flexibility index (Phi) is 11.6. The van der Waals surface area contributed by atoms with Gasteiger partial charge in [0.15, 0.2) is 0 Å². The molecule has 0 saturated heterocycles. The molecule has 2 atom stereocenters. The molecule has 0 bridgehead atoms. The van der Waals surface area contributed by atoms with Gasteiger partial charge in [-0.15, -0.1) is 0 Å². The number of hydrogen-bond acceptors (Lipinski definition) is 6. The summed E-state index contributed by atoms with van der Waals surface area (Å²) in [7, 11) is 0. The predicted octanol–water partition coefficient (Wildman–Crippen LogP) is 5.06. The molecule has 2 aliphatic rings. The maximum Gasteiger partial charge on any atom is 0.128 e. The summed E-state index contributed by atoms with van der Waals surface area (Å²) in [6, 6.07) is 35.7. The van der Waals surface area contributed by atoms with Crippen LogP contribution in [0.25, 0.3) is 12.2 Å². The van der Waals surface area contributed by atoms with Crippen LogP contribution in [0, 0.1) is 0 Å². The summed E-state index contributed by atoms with van der Waals surface area (Å²) in [4.78, 5) is 9.04. The molecule has 2 heterocycles. The molecule has 0 aromatic heterocycles. The van der Waals surface area contributed by atoms with Gasteiger partial charge >= 0.3 is 0 Å². The van der Waals surface area contributed by atoms with E-state index in [1.807, 2.05) is 133 Å². The normalized spacial score (nSPS) is 17.9. The zero-order valence-corrected chi connectivity index (χ0v) is 23.8. The third kappa shape index (κ3) is 9.08. The molecule has 4 N–H and O–H groups in total. The zero-order valence-electron chi connectivity index (χ0n) is 23.8. The summed E-state index contributed by atoms with van der Waals surface area (Å²) in [5, 5.41) is 19.6. The van der Waals surface area contributed by atoms with E-state index < -0.39 is 12.2 Å². The van der Waals surface area contributed by atoms with Crippen LogP contribution in [-0.4, -0.2) is 65.6 Å². The smallest absolute Gasteiger partial charge is 0.128 e. The highest BCUT2D eigenvalue weighted by atomic mass is 16.5. The lowest BCUT2D eigenvalue weighted by Gasteiger charge is -2.17. The van der Waals surface area contributed by atoms with Gasteiger partial charge in [-0.1, -0.05) is 97.1 Å². The van der Waals surface area contributed by atoms with Crippen molar-refractivity contribution >= 4 is 23.6 Å². The SMILES string of the molecule is O.OC1CN=C(/C=C/c2ccccc2)c2ccccc2OC1.OC1CN=C(/C=C/c2ccccc2)c2ccccc2OC1. The Morgan fingerprint density at radius 1 is 0.512 bits per heavy atom. The van der Waals surface area contributed by atoms with E-state index in [-0.39, 0.29) is 18.7 Å². The monoisotopic (exact) mass is 576 g/mol. The van der Waals surface area contributed by atoms with Crippen molar-refractivity contribution in [3.8, 4) is 11.5 Å². The van der Waals surface area contributed by atoms with Gasteiger partial charge in [0.2, 0.25) is 0 Å². The summed E-state index contributed by atoms with van der Waals surface area (Å²) in [5.41, 5.74) is 5.79. The molecule has 7 nitrogen and oxygen atoms in total. The van der Waals surface area contributed by atoms with E-state index in [4.69, 9.17) is 9.47 Å². The number of para-hydroxylation sites is 2. The van der Waals surface area contributed by atoms with E-state index >= 15 is 0 Å². The number of aliphatic hydroxyl groups excluding tert-OH is 2. The summed E-state index contributed by atoms with van der Waals surface area (Å²) in [6.45, 7) is 1.25. The van der Waals surface area contributed by atoms with Crippen LogP contribution in [0.5, 0.6) is 11.5 Å². The first-order valence-electron chi connectivity index (χ1n) is 14.0. The molecule has 4 aromatic rings.